The van der Waals surface area contributed by atoms with Crippen LogP contribution >= 0.6 is 46.7 Å². The third kappa shape index (κ3) is 4.90. The average Bonchev–Trinajstić information content (AvgIpc) is 3.17. The summed E-state index contributed by atoms with van der Waals surface area (Å²) in [7, 11) is 1.80. The Bertz CT molecular complexity index is 810. The fourth-order valence-corrected chi connectivity index (χ4v) is 4.01. The number of thiazole rings is 1. The molecule has 0 saturated heterocycles. The van der Waals surface area contributed by atoms with Crippen molar-refractivity contribution in [1.29, 1.82) is 0 Å². The molecular weight excluding hydrogens is 451 g/mol. The summed E-state index contributed by atoms with van der Waals surface area (Å²) in [6, 6.07) is 8.49. The smallest absolute Gasteiger partial charge is 0.191 e. The van der Waals surface area contributed by atoms with Crippen molar-refractivity contribution in [3.63, 3.8) is 0 Å². The van der Waals surface area contributed by atoms with E-state index in [0.717, 1.165) is 36.2 Å². The Hall–Kier alpha value is -1.19. The molecule has 1 aromatic carbocycles. The summed E-state index contributed by atoms with van der Waals surface area (Å²) in [6.07, 6.45) is 0.909. The van der Waals surface area contributed by atoms with Gasteiger partial charge >= 0.3 is 0 Å². The molecule has 0 atom stereocenters. The largest absolute Gasteiger partial charge is 0.356 e. The number of guanidine groups is 1. The minimum Gasteiger partial charge on any atom is -0.356 e. The highest BCUT2D eigenvalue weighted by atomic mass is 127. The number of aromatic nitrogens is 1. The lowest BCUT2D eigenvalue weighted by Crippen LogP contribution is -2.37. The van der Waals surface area contributed by atoms with Crippen molar-refractivity contribution in [2.75, 3.05) is 13.6 Å². The van der Waals surface area contributed by atoms with E-state index >= 15 is 0 Å². The molecule has 4 nitrogen and oxygen atoms in total. The highest BCUT2D eigenvalue weighted by Crippen LogP contribution is 2.25. The molecule has 0 aliphatic heterocycles. The first-order valence-corrected chi connectivity index (χ1v) is 9.33. The quantitative estimate of drug-likeness (QED) is 0.333. The van der Waals surface area contributed by atoms with Gasteiger partial charge in [-0.1, -0.05) is 18.2 Å². The Morgan fingerprint density at radius 3 is 2.75 bits per heavy atom. The average molecular weight is 472 g/mol. The molecule has 128 valence electrons. The molecule has 0 aliphatic rings. The van der Waals surface area contributed by atoms with Crippen molar-refractivity contribution < 1.29 is 0 Å². The summed E-state index contributed by atoms with van der Waals surface area (Å²) in [6.45, 7) is 3.64. The van der Waals surface area contributed by atoms with Crippen LogP contribution in [-0.4, -0.2) is 24.5 Å². The van der Waals surface area contributed by atoms with Crippen LogP contribution in [0.4, 0.5) is 0 Å². The van der Waals surface area contributed by atoms with Crippen molar-refractivity contribution in [1.82, 2.24) is 15.6 Å². The second-order valence-corrected chi connectivity index (χ2v) is 7.19. The van der Waals surface area contributed by atoms with E-state index in [1.165, 1.54) is 15.6 Å². The number of nitrogens with one attached hydrogen (secondary N) is 2. The van der Waals surface area contributed by atoms with Crippen LogP contribution in [0.15, 0.2) is 40.0 Å². The second-order valence-electron chi connectivity index (χ2n) is 5.22. The predicted octanol–water partition coefficient (Wildman–Crippen LogP) is 4.19. The van der Waals surface area contributed by atoms with Crippen molar-refractivity contribution in [2.24, 2.45) is 4.99 Å². The van der Waals surface area contributed by atoms with Crippen molar-refractivity contribution in [2.45, 2.75) is 19.9 Å². The lowest BCUT2D eigenvalue weighted by atomic mass is 10.2. The van der Waals surface area contributed by atoms with E-state index < -0.39 is 0 Å². The molecule has 0 saturated carbocycles. The standard InChI is InChI=1S/C17H20N4S2.HI/c1-12-21-14(11-22-12)7-8-19-17(18-2)20-9-13-10-23-16-6-4-3-5-15(13)16;/h3-6,10-11H,7-9H2,1-2H3,(H2,18,19,20);1H. The van der Waals surface area contributed by atoms with Crippen LogP contribution in [-0.2, 0) is 13.0 Å². The van der Waals surface area contributed by atoms with E-state index in [9.17, 15) is 0 Å². The summed E-state index contributed by atoms with van der Waals surface area (Å²) in [4.78, 5) is 8.76. The molecule has 0 radical (unpaired) electrons. The molecule has 0 bridgehead atoms. The van der Waals surface area contributed by atoms with Gasteiger partial charge in [0.05, 0.1) is 10.7 Å². The van der Waals surface area contributed by atoms with Crippen LogP contribution in [0.25, 0.3) is 10.1 Å². The number of nitrogens with zero attached hydrogens (tertiary/aromatic N) is 2. The summed E-state index contributed by atoms with van der Waals surface area (Å²) in [5, 5.41) is 13.5. The molecular formula is C17H21IN4S2. The number of halogens is 1. The number of benzene rings is 1. The maximum Gasteiger partial charge on any atom is 0.191 e. The Labute approximate surface area is 167 Å². The van der Waals surface area contributed by atoms with Crippen molar-refractivity contribution in [3.8, 4) is 0 Å². The molecule has 0 spiro atoms. The van der Waals surface area contributed by atoms with Gasteiger partial charge in [0.1, 0.15) is 0 Å². The Balaban J connectivity index is 0.00000208. The summed E-state index contributed by atoms with van der Waals surface area (Å²) in [5.41, 5.74) is 2.45. The van der Waals surface area contributed by atoms with Crippen molar-refractivity contribution in [3.05, 3.63) is 51.3 Å². The number of rotatable bonds is 5. The summed E-state index contributed by atoms with van der Waals surface area (Å²) >= 11 is 3.48. The van der Waals surface area contributed by atoms with Crippen molar-refractivity contribution >= 4 is 62.7 Å². The van der Waals surface area contributed by atoms with Crippen LogP contribution in [0.3, 0.4) is 0 Å². The van der Waals surface area contributed by atoms with E-state index in [2.05, 4.69) is 55.6 Å². The van der Waals surface area contributed by atoms with Gasteiger partial charge in [0.25, 0.3) is 0 Å². The number of aryl methyl sites for hydroxylation is 1. The van der Waals surface area contributed by atoms with Crippen LogP contribution in [0, 0.1) is 6.92 Å². The maximum atomic E-state index is 4.47. The second kappa shape index (κ2) is 9.33. The van der Waals surface area contributed by atoms with E-state index in [0.29, 0.717) is 0 Å². The minimum atomic E-state index is 0. The van der Waals surface area contributed by atoms with Gasteiger partial charge in [-0.25, -0.2) is 4.98 Å². The van der Waals surface area contributed by atoms with Gasteiger partial charge in [0.15, 0.2) is 5.96 Å². The van der Waals surface area contributed by atoms with E-state index in [1.807, 2.05) is 6.92 Å². The normalized spacial score (nSPS) is 11.3. The maximum absolute atomic E-state index is 4.47. The Kier molecular flexibility index (Phi) is 7.44. The number of hydrogen-bond donors (Lipinski definition) is 2. The molecule has 0 aliphatic carbocycles. The first-order valence-electron chi connectivity index (χ1n) is 7.57. The highest BCUT2D eigenvalue weighted by molar-refractivity contribution is 14.0. The van der Waals surface area contributed by atoms with Gasteiger partial charge in [-0.15, -0.1) is 46.7 Å². The van der Waals surface area contributed by atoms with E-state index in [-0.39, 0.29) is 24.0 Å². The van der Waals surface area contributed by atoms with Gasteiger partial charge < -0.3 is 10.6 Å². The molecule has 0 unspecified atom stereocenters. The molecule has 2 N–H and O–H groups in total. The number of hydrogen-bond acceptors (Lipinski definition) is 4. The number of aliphatic imine (C=N–C) groups is 1. The predicted molar refractivity (Wildman–Crippen MR) is 116 cm³/mol. The molecule has 0 fully saturated rings. The summed E-state index contributed by atoms with van der Waals surface area (Å²) in [5.74, 6) is 0.826. The van der Waals surface area contributed by atoms with Gasteiger partial charge in [0.2, 0.25) is 0 Å². The van der Waals surface area contributed by atoms with Crippen LogP contribution < -0.4 is 10.6 Å². The van der Waals surface area contributed by atoms with Crippen LogP contribution in [0.2, 0.25) is 0 Å². The highest BCUT2D eigenvalue weighted by Gasteiger charge is 2.05. The molecule has 7 heteroatoms. The first kappa shape index (κ1) is 19.1. The molecule has 24 heavy (non-hydrogen) atoms. The zero-order valence-corrected chi connectivity index (χ0v) is 17.7. The van der Waals surface area contributed by atoms with Gasteiger partial charge in [-0.05, 0) is 29.3 Å². The van der Waals surface area contributed by atoms with Gasteiger partial charge in [0, 0.05) is 36.6 Å². The molecule has 0 amide bonds. The summed E-state index contributed by atoms with van der Waals surface area (Å²) < 4.78 is 1.33. The molecule has 3 rings (SSSR count). The van der Waals surface area contributed by atoms with Gasteiger partial charge in [-0.2, -0.15) is 0 Å². The zero-order chi connectivity index (χ0) is 16.1. The van der Waals surface area contributed by atoms with Crippen LogP contribution in [0.5, 0.6) is 0 Å². The lowest BCUT2D eigenvalue weighted by Gasteiger charge is -2.11. The topological polar surface area (TPSA) is 49.3 Å². The molecule has 2 heterocycles. The molecule has 3 aromatic rings. The van der Waals surface area contributed by atoms with Crippen LogP contribution in [0.1, 0.15) is 16.3 Å². The lowest BCUT2D eigenvalue weighted by molar-refractivity contribution is 0.788. The fraction of sp³-hybridized carbons (Fsp3) is 0.294. The first-order chi connectivity index (χ1) is 11.3. The third-order valence-electron chi connectivity index (χ3n) is 3.57. The third-order valence-corrected chi connectivity index (χ3v) is 5.41. The van der Waals surface area contributed by atoms with Gasteiger partial charge in [-0.3, -0.25) is 4.99 Å². The van der Waals surface area contributed by atoms with E-state index in [1.54, 1.807) is 29.7 Å². The Morgan fingerprint density at radius 1 is 1.17 bits per heavy atom. The zero-order valence-electron chi connectivity index (χ0n) is 13.7. The SMILES string of the molecule is CN=C(NCCc1csc(C)n1)NCc1csc2ccccc12.I. The Morgan fingerprint density at radius 2 is 2.00 bits per heavy atom. The molecule has 2 aromatic heterocycles. The fourth-order valence-electron chi connectivity index (χ4n) is 2.40. The number of fused-ring (bicyclic) bond motifs is 1. The number of thiophene rings is 1. The minimum absolute atomic E-state index is 0. The monoisotopic (exact) mass is 472 g/mol. The van der Waals surface area contributed by atoms with E-state index in [4.69, 9.17) is 0 Å².